The molecule has 0 saturated heterocycles. The summed E-state index contributed by atoms with van der Waals surface area (Å²) in [5.74, 6) is 0.743. The highest BCUT2D eigenvalue weighted by Gasteiger charge is 2.21. The van der Waals surface area contributed by atoms with Crippen LogP contribution in [0.4, 0.5) is 0 Å². The van der Waals surface area contributed by atoms with Gasteiger partial charge in [0.1, 0.15) is 5.69 Å². The van der Waals surface area contributed by atoms with Crippen molar-refractivity contribution >= 4 is 0 Å². The number of nitrogens with zero attached hydrogens (tertiary/aromatic N) is 3. The highest BCUT2D eigenvalue weighted by atomic mass is 14.9. The van der Waals surface area contributed by atoms with E-state index in [0.29, 0.717) is 0 Å². The van der Waals surface area contributed by atoms with Crippen LogP contribution in [-0.2, 0) is 12.8 Å². The van der Waals surface area contributed by atoms with E-state index in [1.54, 1.807) is 0 Å². The van der Waals surface area contributed by atoms with Crippen molar-refractivity contribution < 1.29 is 0 Å². The number of hydrogen-bond acceptors (Lipinski definition) is 3. The quantitative estimate of drug-likeness (QED) is 0.692. The van der Waals surface area contributed by atoms with E-state index in [4.69, 9.17) is 9.97 Å². The summed E-state index contributed by atoms with van der Waals surface area (Å²) >= 11 is 0. The van der Waals surface area contributed by atoms with Gasteiger partial charge in [0, 0.05) is 22.5 Å². The zero-order valence-electron chi connectivity index (χ0n) is 14.4. The van der Waals surface area contributed by atoms with Crippen LogP contribution in [0.3, 0.4) is 0 Å². The molecule has 4 rings (SSSR count). The minimum Gasteiger partial charge on any atom is -0.250 e. The Morgan fingerprint density at radius 1 is 0.833 bits per heavy atom. The minimum atomic E-state index is 0.743. The molecule has 1 aliphatic rings. The number of aromatic nitrogens is 3. The van der Waals surface area contributed by atoms with E-state index in [-0.39, 0.29) is 0 Å². The van der Waals surface area contributed by atoms with Crippen molar-refractivity contribution in [3.8, 4) is 22.8 Å². The van der Waals surface area contributed by atoms with E-state index in [1.165, 1.54) is 27.9 Å². The molecule has 0 saturated carbocycles. The Bertz CT molecular complexity index is 928. The Labute approximate surface area is 142 Å². The maximum atomic E-state index is 4.92. The molecule has 120 valence electrons. The highest BCUT2D eigenvalue weighted by molar-refractivity contribution is 5.68. The van der Waals surface area contributed by atoms with Crippen LogP contribution in [0.15, 0.2) is 36.4 Å². The van der Waals surface area contributed by atoms with E-state index < -0.39 is 0 Å². The zero-order chi connectivity index (χ0) is 16.7. The second-order valence-corrected chi connectivity index (χ2v) is 6.64. The monoisotopic (exact) mass is 315 g/mol. The van der Waals surface area contributed by atoms with E-state index in [0.717, 1.165) is 42.2 Å². The van der Waals surface area contributed by atoms with Crippen molar-refractivity contribution in [2.24, 2.45) is 0 Å². The summed E-state index contributed by atoms with van der Waals surface area (Å²) in [5, 5.41) is 0. The summed E-state index contributed by atoms with van der Waals surface area (Å²) < 4.78 is 0. The maximum absolute atomic E-state index is 4.92. The first-order valence-corrected chi connectivity index (χ1v) is 8.53. The zero-order valence-corrected chi connectivity index (χ0v) is 14.4. The molecule has 2 aromatic heterocycles. The molecule has 0 fully saturated rings. The van der Waals surface area contributed by atoms with Gasteiger partial charge in [-0.3, -0.25) is 0 Å². The van der Waals surface area contributed by atoms with Crippen molar-refractivity contribution in [3.63, 3.8) is 0 Å². The van der Waals surface area contributed by atoms with Gasteiger partial charge in [-0.25, -0.2) is 15.0 Å². The molecule has 0 aliphatic heterocycles. The summed E-state index contributed by atoms with van der Waals surface area (Å²) in [6.45, 7) is 6.30. The summed E-state index contributed by atoms with van der Waals surface area (Å²) in [4.78, 5) is 14.4. The lowest BCUT2D eigenvalue weighted by Crippen LogP contribution is -2.02. The summed E-state index contributed by atoms with van der Waals surface area (Å²) in [6.07, 6.45) is 3.26. The smallest absolute Gasteiger partial charge is 0.178 e. The molecule has 3 aromatic rings. The normalized spacial score (nSPS) is 13.1. The van der Waals surface area contributed by atoms with Gasteiger partial charge in [-0.1, -0.05) is 18.2 Å². The molecule has 2 heterocycles. The van der Waals surface area contributed by atoms with Crippen molar-refractivity contribution in [1.29, 1.82) is 0 Å². The van der Waals surface area contributed by atoms with Crippen LogP contribution < -0.4 is 0 Å². The minimum absolute atomic E-state index is 0.743. The topological polar surface area (TPSA) is 38.7 Å². The maximum Gasteiger partial charge on any atom is 0.178 e. The van der Waals surface area contributed by atoms with Crippen LogP contribution >= 0.6 is 0 Å². The first kappa shape index (κ1) is 15.0. The fourth-order valence-corrected chi connectivity index (χ4v) is 3.34. The van der Waals surface area contributed by atoms with Gasteiger partial charge < -0.3 is 0 Å². The van der Waals surface area contributed by atoms with Crippen LogP contribution in [0.1, 0.15) is 34.5 Å². The summed E-state index contributed by atoms with van der Waals surface area (Å²) in [6, 6.07) is 12.6. The van der Waals surface area contributed by atoms with Gasteiger partial charge in [0.25, 0.3) is 0 Å². The van der Waals surface area contributed by atoms with E-state index >= 15 is 0 Å². The third-order valence-electron chi connectivity index (χ3n) is 4.83. The summed E-state index contributed by atoms with van der Waals surface area (Å²) in [5.41, 5.74) is 9.23. The fourth-order valence-electron chi connectivity index (χ4n) is 3.34. The van der Waals surface area contributed by atoms with Gasteiger partial charge >= 0.3 is 0 Å². The van der Waals surface area contributed by atoms with Crippen LogP contribution in [0, 0.1) is 20.8 Å². The molecule has 0 atom stereocenters. The molecule has 1 aliphatic carbocycles. The van der Waals surface area contributed by atoms with Gasteiger partial charge in [-0.15, -0.1) is 0 Å². The number of rotatable bonds is 2. The first-order valence-electron chi connectivity index (χ1n) is 8.53. The van der Waals surface area contributed by atoms with E-state index in [9.17, 15) is 0 Å². The number of benzene rings is 1. The second kappa shape index (κ2) is 5.82. The second-order valence-electron chi connectivity index (χ2n) is 6.64. The van der Waals surface area contributed by atoms with Crippen molar-refractivity contribution in [1.82, 2.24) is 15.0 Å². The Kier molecular flexibility index (Phi) is 3.64. The van der Waals surface area contributed by atoms with Crippen LogP contribution in [0.25, 0.3) is 22.8 Å². The lowest BCUT2D eigenvalue weighted by Gasteiger charge is -2.12. The number of fused-ring (bicyclic) bond motifs is 1. The molecule has 0 bridgehead atoms. The van der Waals surface area contributed by atoms with E-state index in [2.05, 4.69) is 37.0 Å². The SMILES string of the molecule is Cc1cccc(-c2nc3c(c(-c4ccc(C)c(C)c4)n2)CCC3)n1. The predicted molar refractivity (Wildman–Crippen MR) is 96.9 cm³/mol. The Morgan fingerprint density at radius 3 is 2.50 bits per heavy atom. The molecule has 0 spiro atoms. The highest BCUT2D eigenvalue weighted by Crippen LogP contribution is 2.32. The molecule has 3 nitrogen and oxygen atoms in total. The average Bonchev–Trinajstić information content (AvgIpc) is 3.05. The molecule has 0 radical (unpaired) electrons. The molecule has 0 N–H and O–H groups in total. The Hall–Kier alpha value is -2.55. The molecular formula is C21H21N3. The lowest BCUT2D eigenvalue weighted by molar-refractivity contribution is 0.899. The average molecular weight is 315 g/mol. The molecule has 0 amide bonds. The van der Waals surface area contributed by atoms with Crippen molar-refractivity contribution in [2.75, 3.05) is 0 Å². The predicted octanol–water partition coefficient (Wildman–Crippen LogP) is 4.62. The third kappa shape index (κ3) is 2.60. The van der Waals surface area contributed by atoms with Gasteiger partial charge in [0.15, 0.2) is 5.82 Å². The molecule has 0 unspecified atom stereocenters. The third-order valence-corrected chi connectivity index (χ3v) is 4.83. The Morgan fingerprint density at radius 2 is 1.71 bits per heavy atom. The number of pyridine rings is 1. The van der Waals surface area contributed by atoms with Gasteiger partial charge in [0.2, 0.25) is 0 Å². The molecular weight excluding hydrogens is 294 g/mol. The molecule has 24 heavy (non-hydrogen) atoms. The fraction of sp³-hybridized carbons (Fsp3) is 0.286. The molecule has 3 heteroatoms. The van der Waals surface area contributed by atoms with Crippen LogP contribution in [-0.4, -0.2) is 15.0 Å². The van der Waals surface area contributed by atoms with Crippen LogP contribution in [0.2, 0.25) is 0 Å². The van der Waals surface area contributed by atoms with Crippen molar-refractivity contribution in [2.45, 2.75) is 40.0 Å². The van der Waals surface area contributed by atoms with Gasteiger partial charge in [-0.2, -0.15) is 0 Å². The largest absolute Gasteiger partial charge is 0.250 e. The van der Waals surface area contributed by atoms with E-state index in [1.807, 2.05) is 25.1 Å². The Balaban J connectivity index is 1.91. The van der Waals surface area contributed by atoms with Crippen LogP contribution in [0.5, 0.6) is 0 Å². The lowest BCUT2D eigenvalue weighted by atomic mass is 10.0. The first-order chi connectivity index (χ1) is 11.6. The number of aryl methyl sites for hydroxylation is 4. The van der Waals surface area contributed by atoms with Gasteiger partial charge in [0.05, 0.1) is 5.69 Å². The molecule has 1 aromatic carbocycles. The van der Waals surface area contributed by atoms with Crippen molar-refractivity contribution in [3.05, 3.63) is 64.5 Å². The summed E-state index contributed by atoms with van der Waals surface area (Å²) in [7, 11) is 0. The standard InChI is InChI=1S/C21H21N3/c1-13-10-11-16(12-14(13)2)20-17-7-5-8-18(17)23-21(24-20)19-9-4-6-15(3)22-19/h4,6,9-12H,5,7-8H2,1-3H3. The number of hydrogen-bond donors (Lipinski definition) is 0. The van der Waals surface area contributed by atoms with Gasteiger partial charge in [-0.05, 0) is 69.4 Å².